The van der Waals surface area contributed by atoms with Crippen LogP contribution in [0.2, 0.25) is 0 Å². The summed E-state index contributed by atoms with van der Waals surface area (Å²) in [7, 11) is 0. The Balaban J connectivity index is 2.27. The number of likely N-dealkylation sites (tertiary alicyclic amines) is 1. The molecular formula is C14H26N2. The third-order valence-corrected chi connectivity index (χ3v) is 3.75. The normalized spacial score (nSPS) is 24.7. The molecule has 2 unspecified atom stereocenters. The molecule has 1 rings (SSSR count). The van der Waals surface area contributed by atoms with E-state index in [4.69, 9.17) is 6.42 Å². The predicted molar refractivity (Wildman–Crippen MR) is 70.4 cm³/mol. The first kappa shape index (κ1) is 13.5. The summed E-state index contributed by atoms with van der Waals surface area (Å²) >= 11 is 0. The molecule has 0 amide bonds. The number of rotatable bonds is 5. The lowest BCUT2D eigenvalue weighted by molar-refractivity contribution is 0.211. The minimum absolute atomic E-state index is 0.615. The molecular weight excluding hydrogens is 196 g/mol. The Morgan fingerprint density at radius 1 is 1.44 bits per heavy atom. The van der Waals surface area contributed by atoms with Crippen molar-refractivity contribution in [2.45, 2.75) is 45.6 Å². The highest BCUT2D eigenvalue weighted by Crippen LogP contribution is 2.21. The monoisotopic (exact) mass is 222 g/mol. The maximum atomic E-state index is 5.23. The fraction of sp³-hybridized carbons (Fsp3) is 0.857. The van der Waals surface area contributed by atoms with Gasteiger partial charge in [0.1, 0.15) is 0 Å². The van der Waals surface area contributed by atoms with Crippen LogP contribution in [0, 0.1) is 18.3 Å². The summed E-state index contributed by atoms with van der Waals surface area (Å²) in [4.78, 5) is 2.61. The standard InChI is InChI=1S/C14H26N2/c1-4-9-15-12-13(3)16-10-6-7-14(5-2)8-11-16/h1,13-15H,5-12H2,2-3H3. The van der Waals surface area contributed by atoms with Gasteiger partial charge in [0, 0.05) is 12.6 Å². The molecule has 92 valence electrons. The van der Waals surface area contributed by atoms with Gasteiger partial charge in [-0.25, -0.2) is 0 Å². The average molecular weight is 222 g/mol. The topological polar surface area (TPSA) is 15.3 Å². The van der Waals surface area contributed by atoms with E-state index in [1.165, 1.54) is 38.8 Å². The lowest BCUT2D eigenvalue weighted by atomic mass is 9.98. The van der Waals surface area contributed by atoms with E-state index in [2.05, 4.69) is 30.0 Å². The first-order valence-corrected chi connectivity index (χ1v) is 6.66. The van der Waals surface area contributed by atoms with Gasteiger partial charge in [-0.15, -0.1) is 6.42 Å². The van der Waals surface area contributed by atoms with Crippen LogP contribution in [0.5, 0.6) is 0 Å². The predicted octanol–water partition coefficient (Wildman–Crippen LogP) is 2.11. The van der Waals surface area contributed by atoms with Crippen LogP contribution in [0.25, 0.3) is 0 Å². The van der Waals surface area contributed by atoms with E-state index in [0.29, 0.717) is 12.6 Å². The first-order valence-electron chi connectivity index (χ1n) is 6.66. The summed E-state index contributed by atoms with van der Waals surface area (Å²) in [6, 6.07) is 0.615. The maximum absolute atomic E-state index is 5.23. The summed E-state index contributed by atoms with van der Waals surface area (Å²) in [6.45, 7) is 8.84. The van der Waals surface area contributed by atoms with E-state index in [9.17, 15) is 0 Å². The molecule has 0 spiro atoms. The molecule has 1 fully saturated rings. The summed E-state index contributed by atoms with van der Waals surface area (Å²) < 4.78 is 0. The van der Waals surface area contributed by atoms with Gasteiger partial charge in [-0.05, 0) is 45.2 Å². The van der Waals surface area contributed by atoms with E-state index >= 15 is 0 Å². The van der Waals surface area contributed by atoms with E-state index in [-0.39, 0.29) is 0 Å². The minimum atomic E-state index is 0.615. The molecule has 0 bridgehead atoms. The molecule has 2 nitrogen and oxygen atoms in total. The number of hydrogen-bond donors (Lipinski definition) is 1. The van der Waals surface area contributed by atoms with E-state index in [0.717, 1.165) is 12.5 Å². The molecule has 2 heteroatoms. The zero-order chi connectivity index (χ0) is 11.8. The molecule has 0 aliphatic carbocycles. The second-order valence-electron chi connectivity index (χ2n) is 4.93. The Morgan fingerprint density at radius 2 is 2.25 bits per heavy atom. The highest BCUT2D eigenvalue weighted by atomic mass is 15.2. The zero-order valence-electron chi connectivity index (χ0n) is 10.8. The smallest absolute Gasteiger partial charge is 0.0574 e. The molecule has 1 heterocycles. The molecule has 1 N–H and O–H groups in total. The van der Waals surface area contributed by atoms with Crippen molar-refractivity contribution in [1.29, 1.82) is 0 Å². The van der Waals surface area contributed by atoms with Gasteiger partial charge in [-0.1, -0.05) is 19.3 Å². The van der Waals surface area contributed by atoms with Gasteiger partial charge in [0.2, 0.25) is 0 Å². The van der Waals surface area contributed by atoms with Crippen LogP contribution in [0.3, 0.4) is 0 Å². The second kappa shape index (κ2) is 7.70. The Kier molecular flexibility index (Phi) is 6.52. The van der Waals surface area contributed by atoms with Crippen LogP contribution in [-0.4, -0.2) is 37.1 Å². The highest BCUT2D eigenvalue weighted by Gasteiger charge is 2.19. The van der Waals surface area contributed by atoms with E-state index in [1.807, 2.05) is 0 Å². The zero-order valence-corrected chi connectivity index (χ0v) is 10.8. The third kappa shape index (κ3) is 4.55. The van der Waals surface area contributed by atoms with Crippen LogP contribution < -0.4 is 5.32 Å². The molecule has 2 atom stereocenters. The molecule has 1 saturated heterocycles. The Labute approximate surface area is 101 Å². The minimum Gasteiger partial charge on any atom is -0.305 e. The number of terminal acetylenes is 1. The van der Waals surface area contributed by atoms with Gasteiger partial charge >= 0.3 is 0 Å². The van der Waals surface area contributed by atoms with Gasteiger partial charge in [0.15, 0.2) is 0 Å². The Morgan fingerprint density at radius 3 is 2.94 bits per heavy atom. The van der Waals surface area contributed by atoms with Crippen molar-refractivity contribution in [3.8, 4) is 12.3 Å². The van der Waals surface area contributed by atoms with Gasteiger partial charge in [0.25, 0.3) is 0 Å². The molecule has 0 aromatic carbocycles. The van der Waals surface area contributed by atoms with Crippen LogP contribution in [-0.2, 0) is 0 Å². The Hall–Kier alpha value is -0.520. The van der Waals surface area contributed by atoms with Gasteiger partial charge in [-0.2, -0.15) is 0 Å². The van der Waals surface area contributed by atoms with Gasteiger partial charge < -0.3 is 5.32 Å². The number of hydrogen-bond acceptors (Lipinski definition) is 2. The van der Waals surface area contributed by atoms with E-state index < -0.39 is 0 Å². The van der Waals surface area contributed by atoms with Crippen molar-refractivity contribution >= 4 is 0 Å². The summed E-state index contributed by atoms with van der Waals surface area (Å²) in [5.74, 6) is 3.58. The molecule has 0 saturated carbocycles. The van der Waals surface area contributed by atoms with Crippen molar-refractivity contribution in [2.24, 2.45) is 5.92 Å². The fourth-order valence-electron chi connectivity index (χ4n) is 2.52. The first-order chi connectivity index (χ1) is 7.77. The van der Waals surface area contributed by atoms with Crippen molar-refractivity contribution in [2.75, 3.05) is 26.2 Å². The summed E-state index contributed by atoms with van der Waals surface area (Å²) in [5.41, 5.74) is 0. The number of nitrogens with one attached hydrogen (secondary N) is 1. The highest BCUT2D eigenvalue weighted by molar-refractivity contribution is 4.87. The van der Waals surface area contributed by atoms with Crippen molar-refractivity contribution < 1.29 is 0 Å². The molecule has 16 heavy (non-hydrogen) atoms. The molecule has 0 radical (unpaired) electrons. The van der Waals surface area contributed by atoms with Crippen molar-refractivity contribution in [3.63, 3.8) is 0 Å². The van der Waals surface area contributed by atoms with Gasteiger partial charge in [0.05, 0.1) is 6.54 Å². The summed E-state index contributed by atoms with van der Waals surface area (Å²) in [6.07, 6.45) is 10.7. The van der Waals surface area contributed by atoms with Crippen LogP contribution >= 0.6 is 0 Å². The average Bonchev–Trinajstić information content (AvgIpc) is 2.54. The fourth-order valence-corrected chi connectivity index (χ4v) is 2.52. The van der Waals surface area contributed by atoms with Crippen molar-refractivity contribution in [3.05, 3.63) is 0 Å². The van der Waals surface area contributed by atoms with Crippen molar-refractivity contribution in [1.82, 2.24) is 10.2 Å². The largest absolute Gasteiger partial charge is 0.305 e. The summed E-state index contributed by atoms with van der Waals surface area (Å²) in [5, 5.41) is 3.30. The number of nitrogens with zero attached hydrogens (tertiary/aromatic N) is 1. The third-order valence-electron chi connectivity index (χ3n) is 3.75. The van der Waals surface area contributed by atoms with Crippen LogP contribution in [0.1, 0.15) is 39.5 Å². The molecule has 0 aromatic heterocycles. The molecule has 1 aliphatic rings. The quantitative estimate of drug-likeness (QED) is 0.566. The van der Waals surface area contributed by atoms with Gasteiger partial charge in [-0.3, -0.25) is 4.90 Å². The molecule has 1 aliphatic heterocycles. The second-order valence-corrected chi connectivity index (χ2v) is 4.93. The SMILES string of the molecule is C#CCNCC(C)N1CCCC(CC)CC1. The van der Waals surface area contributed by atoms with E-state index in [1.54, 1.807) is 0 Å². The van der Waals surface area contributed by atoms with Crippen LogP contribution in [0.15, 0.2) is 0 Å². The lowest BCUT2D eigenvalue weighted by Crippen LogP contribution is -2.41. The van der Waals surface area contributed by atoms with Crippen LogP contribution in [0.4, 0.5) is 0 Å². The maximum Gasteiger partial charge on any atom is 0.0574 e. The Bertz CT molecular complexity index is 219. The lowest BCUT2D eigenvalue weighted by Gasteiger charge is -2.27. The molecule has 0 aromatic rings.